The van der Waals surface area contributed by atoms with Gasteiger partial charge in [0.05, 0.1) is 32.3 Å². The summed E-state index contributed by atoms with van der Waals surface area (Å²) in [6.07, 6.45) is 0.854. The number of para-hydroxylation sites is 1. The number of ether oxygens (including phenoxy) is 2. The Balaban J connectivity index is 1.86. The Kier molecular flexibility index (Phi) is 7.57. The topological polar surface area (TPSA) is 122 Å². The highest BCUT2D eigenvalue weighted by Crippen LogP contribution is 2.30. The van der Waals surface area contributed by atoms with E-state index in [0.29, 0.717) is 4.31 Å². The van der Waals surface area contributed by atoms with Gasteiger partial charge in [0.2, 0.25) is 26.0 Å². The van der Waals surface area contributed by atoms with E-state index in [-0.39, 0.29) is 48.3 Å². The monoisotopic (exact) mass is 501 g/mol. The predicted molar refractivity (Wildman–Crippen MR) is 120 cm³/mol. The van der Waals surface area contributed by atoms with Crippen molar-refractivity contribution < 1.29 is 35.5 Å². The number of hydrogen-bond acceptors (Lipinski definition) is 7. The SMILES string of the molecule is COc1ccc(NC(=O)CN(c2ccccc2F)S(C)(=O)=O)cc1S(=O)(=O)N1CCOCC1. The van der Waals surface area contributed by atoms with Crippen molar-refractivity contribution in [1.82, 2.24) is 4.31 Å². The number of nitrogens with zero attached hydrogens (tertiary/aromatic N) is 2. The third-order valence-electron chi connectivity index (χ3n) is 4.84. The van der Waals surface area contributed by atoms with Crippen molar-refractivity contribution in [3.05, 3.63) is 48.3 Å². The number of carbonyl (C=O) groups is 1. The fraction of sp³-hybridized carbons (Fsp3) is 0.350. The molecule has 0 aliphatic carbocycles. The first-order chi connectivity index (χ1) is 15.5. The normalized spacial score (nSPS) is 15.1. The largest absolute Gasteiger partial charge is 0.495 e. The Labute approximate surface area is 192 Å². The van der Waals surface area contributed by atoms with Gasteiger partial charge in [-0.15, -0.1) is 0 Å². The second-order valence-corrected chi connectivity index (χ2v) is 11.0. The van der Waals surface area contributed by atoms with Crippen molar-refractivity contribution >= 4 is 37.3 Å². The molecule has 13 heteroatoms. The van der Waals surface area contributed by atoms with E-state index in [4.69, 9.17) is 9.47 Å². The van der Waals surface area contributed by atoms with E-state index in [1.54, 1.807) is 0 Å². The summed E-state index contributed by atoms with van der Waals surface area (Å²) in [5, 5.41) is 2.47. The molecule has 0 saturated carbocycles. The summed E-state index contributed by atoms with van der Waals surface area (Å²) >= 11 is 0. The lowest BCUT2D eigenvalue weighted by atomic mass is 10.3. The van der Waals surface area contributed by atoms with Gasteiger partial charge in [-0.1, -0.05) is 12.1 Å². The van der Waals surface area contributed by atoms with Gasteiger partial charge in [0.15, 0.2) is 0 Å². The minimum atomic E-state index is -3.99. The van der Waals surface area contributed by atoms with Crippen LogP contribution in [0.1, 0.15) is 0 Å². The second-order valence-electron chi connectivity index (χ2n) is 7.15. The summed E-state index contributed by atoms with van der Waals surface area (Å²) in [7, 11) is -6.60. The van der Waals surface area contributed by atoms with E-state index in [9.17, 15) is 26.0 Å². The summed E-state index contributed by atoms with van der Waals surface area (Å²) in [5.74, 6) is -1.51. The van der Waals surface area contributed by atoms with Crippen molar-refractivity contribution in [2.45, 2.75) is 4.90 Å². The molecule has 0 radical (unpaired) electrons. The summed E-state index contributed by atoms with van der Waals surface area (Å²) in [4.78, 5) is 12.5. The number of amides is 1. The maximum absolute atomic E-state index is 14.2. The number of halogens is 1. The maximum Gasteiger partial charge on any atom is 0.246 e. The van der Waals surface area contributed by atoms with E-state index in [1.807, 2.05) is 0 Å². The van der Waals surface area contributed by atoms with Crippen LogP contribution >= 0.6 is 0 Å². The summed E-state index contributed by atoms with van der Waals surface area (Å²) in [5.41, 5.74) is -0.171. The van der Waals surface area contributed by atoms with Gasteiger partial charge in [0, 0.05) is 18.8 Å². The van der Waals surface area contributed by atoms with Crippen molar-refractivity contribution in [3.8, 4) is 5.75 Å². The molecule has 3 rings (SSSR count). The minimum Gasteiger partial charge on any atom is -0.495 e. The van der Waals surface area contributed by atoms with Crippen molar-refractivity contribution in [3.63, 3.8) is 0 Å². The molecule has 1 aliphatic heterocycles. The van der Waals surface area contributed by atoms with Gasteiger partial charge in [-0.05, 0) is 30.3 Å². The quantitative estimate of drug-likeness (QED) is 0.578. The van der Waals surface area contributed by atoms with Crippen LogP contribution in [0.3, 0.4) is 0 Å². The molecule has 33 heavy (non-hydrogen) atoms. The van der Waals surface area contributed by atoms with Gasteiger partial charge in [0.25, 0.3) is 0 Å². The molecule has 0 spiro atoms. The van der Waals surface area contributed by atoms with Crippen LogP contribution in [0.5, 0.6) is 5.75 Å². The molecule has 1 N–H and O–H groups in total. The van der Waals surface area contributed by atoms with Crippen molar-refractivity contribution in [2.75, 3.05) is 55.8 Å². The molecule has 180 valence electrons. The van der Waals surface area contributed by atoms with Crippen molar-refractivity contribution in [2.24, 2.45) is 0 Å². The Hall–Kier alpha value is -2.74. The third kappa shape index (κ3) is 5.79. The Bertz CT molecular complexity index is 1230. The van der Waals surface area contributed by atoms with Crippen LogP contribution in [-0.4, -0.2) is 73.3 Å². The Morgan fingerprint density at radius 3 is 2.42 bits per heavy atom. The molecule has 1 saturated heterocycles. The van der Waals surface area contributed by atoms with Gasteiger partial charge < -0.3 is 14.8 Å². The zero-order valence-electron chi connectivity index (χ0n) is 18.0. The average molecular weight is 502 g/mol. The summed E-state index contributed by atoms with van der Waals surface area (Å²) in [6, 6.07) is 9.20. The lowest BCUT2D eigenvalue weighted by Crippen LogP contribution is -2.40. The van der Waals surface area contributed by atoms with E-state index in [0.717, 1.165) is 12.3 Å². The molecule has 2 aromatic carbocycles. The fourth-order valence-corrected chi connectivity index (χ4v) is 5.69. The summed E-state index contributed by atoms with van der Waals surface area (Å²) < 4.78 is 77.0. The van der Waals surface area contributed by atoms with Crippen LogP contribution < -0.4 is 14.4 Å². The van der Waals surface area contributed by atoms with Crippen LogP contribution in [0.15, 0.2) is 47.4 Å². The Morgan fingerprint density at radius 1 is 1.15 bits per heavy atom. The smallest absolute Gasteiger partial charge is 0.246 e. The number of methoxy groups -OCH3 is 1. The highest BCUT2D eigenvalue weighted by atomic mass is 32.2. The average Bonchev–Trinajstić information content (AvgIpc) is 2.78. The standard InChI is InChI=1S/C20H24FN3O7S2/c1-30-18-8-7-15(13-19(18)33(28,29)23-9-11-31-12-10-23)22-20(25)14-24(32(2,26)27)17-6-4-3-5-16(17)21/h3-8,13H,9-12,14H2,1-2H3,(H,22,25). The Morgan fingerprint density at radius 2 is 1.82 bits per heavy atom. The maximum atomic E-state index is 14.2. The van der Waals surface area contributed by atoms with Crippen LogP contribution in [0.2, 0.25) is 0 Å². The lowest BCUT2D eigenvalue weighted by molar-refractivity contribution is -0.114. The molecule has 0 aromatic heterocycles. The zero-order chi connectivity index (χ0) is 24.2. The molecular weight excluding hydrogens is 477 g/mol. The minimum absolute atomic E-state index is 0.0867. The number of morpholine rings is 1. The number of hydrogen-bond donors (Lipinski definition) is 1. The fourth-order valence-electron chi connectivity index (χ4n) is 3.25. The molecule has 0 unspecified atom stereocenters. The van der Waals surface area contributed by atoms with E-state index >= 15 is 0 Å². The number of rotatable bonds is 8. The van der Waals surface area contributed by atoms with Crippen LogP contribution in [0.4, 0.5) is 15.8 Å². The van der Waals surface area contributed by atoms with Crippen LogP contribution in [0.25, 0.3) is 0 Å². The second kappa shape index (κ2) is 10.0. The molecule has 0 bridgehead atoms. The molecule has 1 heterocycles. The number of sulfonamides is 2. The molecule has 1 aliphatic rings. The molecular formula is C20H24FN3O7S2. The first kappa shape index (κ1) is 24.9. The first-order valence-electron chi connectivity index (χ1n) is 9.82. The van der Waals surface area contributed by atoms with Crippen LogP contribution in [0, 0.1) is 5.82 Å². The molecule has 0 atom stereocenters. The van der Waals surface area contributed by atoms with Crippen molar-refractivity contribution in [1.29, 1.82) is 0 Å². The van der Waals surface area contributed by atoms with Gasteiger partial charge >= 0.3 is 0 Å². The number of anilines is 2. The zero-order valence-corrected chi connectivity index (χ0v) is 19.7. The number of benzene rings is 2. The van der Waals surface area contributed by atoms with E-state index in [2.05, 4.69) is 5.32 Å². The highest BCUT2D eigenvalue weighted by molar-refractivity contribution is 7.92. The van der Waals surface area contributed by atoms with Gasteiger partial charge in [-0.3, -0.25) is 9.10 Å². The first-order valence-corrected chi connectivity index (χ1v) is 13.1. The van der Waals surface area contributed by atoms with Gasteiger partial charge in [-0.2, -0.15) is 4.31 Å². The predicted octanol–water partition coefficient (Wildman–Crippen LogP) is 1.26. The third-order valence-corrected chi connectivity index (χ3v) is 7.89. The highest BCUT2D eigenvalue weighted by Gasteiger charge is 2.30. The van der Waals surface area contributed by atoms with E-state index in [1.165, 1.54) is 47.8 Å². The summed E-state index contributed by atoms with van der Waals surface area (Å²) in [6.45, 7) is 0.157. The molecule has 1 fully saturated rings. The number of carbonyl (C=O) groups excluding carboxylic acids is 1. The lowest BCUT2D eigenvalue weighted by Gasteiger charge is -2.27. The molecule has 1 amide bonds. The van der Waals surface area contributed by atoms with Gasteiger partial charge in [-0.25, -0.2) is 21.2 Å². The van der Waals surface area contributed by atoms with E-state index < -0.39 is 38.3 Å². The number of nitrogens with one attached hydrogen (secondary N) is 1. The van der Waals surface area contributed by atoms with Gasteiger partial charge in [0.1, 0.15) is 23.0 Å². The molecule has 2 aromatic rings. The van der Waals surface area contributed by atoms with Crippen LogP contribution in [-0.2, 0) is 29.6 Å². The molecule has 10 nitrogen and oxygen atoms in total.